The first-order chi connectivity index (χ1) is 10.5. The zero-order valence-electron chi connectivity index (χ0n) is 13.1. The average molecular weight is 302 g/mol. The van der Waals surface area contributed by atoms with Crippen molar-refractivity contribution in [3.8, 4) is 5.75 Å². The molecule has 22 heavy (non-hydrogen) atoms. The van der Waals surface area contributed by atoms with Gasteiger partial charge in [-0.25, -0.2) is 4.39 Å². The summed E-state index contributed by atoms with van der Waals surface area (Å²) in [5.41, 5.74) is 8.80. The van der Waals surface area contributed by atoms with E-state index >= 15 is 0 Å². The fourth-order valence-corrected chi connectivity index (χ4v) is 2.21. The first-order valence-corrected chi connectivity index (χ1v) is 7.59. The Morgan fingerprint density at radius 2 is 1.86 bits per heavy atom. The van der Waals surface area contributed by atoms with Crippen LogP contribution in [0.3, 0.4) is 0 Å². The lowest BCUT2D eigenvalue weighted by Gasteiger charge is -2.13. The van der Waals surface area contributed by atoms with E-state index in [2.05, 4.69) is 5.32 Å². The number of hydrogen-bond acceptors (Lipinski definition) is 3. The molecule has 0 heterocycles. The molecule has 4 heteroatoms. The van der Waals surface area contributed by atoms with Crippen molar-refractivity contribution in [2.24, 2.45) is 0 Å². The molecule has 0 unspecified atom stereocenters. The van der Waals surface area contributed by atoms with Crippen molar-refractivity contribution < 1.29 is 9.13 Å². The van der Waals surface area contributed by atoms with Crippen LogP contribution in [0.25, 0.3) is 0 Å². The maximum absolute atomic E-state index is 12.8. The molecule has 0 aromatic heterocycles. The van der Waals surface area contributed by atoms with Crippen LogP contribution in [-0.4, -0.2) is 12.6 Å². The van der Waals surface area contributed by atoms with Gasteiger partial charge < -0.3 is 15.8 Å². The molecule has 3 N–H and O–H groups in total. The molecule has 0 amide bonds. The van der Waals surface area contributed by atoms with Crippen molar-refractivity contribution in [3.05, 3.63) is 53.8 Å². The highest BCUT2D eigenvalue weighted by Crippen LogP contribution is 2.24. The molecule has 0 spiro atoms. The van der Waals surface area contributed by atoms with E-state index in [1.807, 2.05) is 32.0 Å². The monoisotopic (exact) mass is 302 g/mol. The van der Waals surface area contributed by atoms with Gasteiger partial charge in [-0.15, -0.1) is 0 Å². The van der Waals surface area contributed by atoms with Gasteiger partial charge in [-0.1, -0.05) is 6.07 Å². The van der Waals surface area contributed by atoms with Gasteiger partial charge in [0.25, 0.3) is 0 Å². The van der Waals surface area contributed by atoms with E-state index in [1.54, 1.807) is 12.1 Å². The van der Waals surface area contributed by atoms with E-state index in [9.17, 15) is 4.39 Å². The van der Waals surface area contributed by atoms with Crippen molar-refractivity contribution in [3.63, 3.8) is 0 Å². The van der Waals surface area contributed by atoms with Gasteiger partial charge in [0.15, 0.2) is 0 Å². The van der Waals surface area contributed by atoms with E-state index in [1.165, 1.54) is 17.7 Å². The predicted molar refractivity (Wildman–Crippen MR) is 89.8 cm³/mol. The third kappa shape index (κ3) is 4.95. The van der Waals surface area contributed by atoms with Gasteiger partial charge in [-0.3, -0.25) is 0 Å². The maximum Gasteiger partial charge on any atom is 0.142 e. The Balaban J connectivity index is 1.79. The molecule has 2 aromatic rings. The van der Waals surface area contributed by atoms with Crippen molar-refractivity contribution in [1.29, 1.82) is 0 Å². The Morgan fingerprint density at radius 1 is 1.14 bits per heavy atom. The van der Waals surface area contributed by atoms with Crippen LogP contribution in [-0.2, 0) is 6.42 Å². The third-order valence-electron chi connectivity index (χ3n) is 3.25. The molecule has 0 saturated carbocycles. The molecule has 2 aromatic carbocycles. The number of nitrogen functional groups attached to an aromatic ring is 1. The molecular weight excluding hydrogens is 279 g/mol. The van der Waals surface area contributed by atoms with E-state index in [0.29, 0.717) is 5.69 Å². The van der Waals surface area contributed by atoms with Crippen LogP contribution in [0.2, 0.25) is 0 Å². The number of aryl methyl sites for hydroxylation is 1. The number of benzene rings is 2. The number of anilines is 2. The van der Waals surface area contributed by atoms with E-state index < -0.39 is 0 Å². The lowest BCUT2D eigenvalue weighted by Crippen LogP contribution is -2.08. The van der Waals surface area contributed by atoms with Crippen LogP contribution >= 0.6 is 0 Å². The number of ether oxygens (including phenoxy) is 1. The summed E-state index contributed by atoms with van der Waals surface area (Å²) in [5.74, 6) is 0.521. The van der Waals surface area contributed by atoms with Crippen molar-refractivity contribution in [1.82, 2.24) is 0 Å². The second-order valence-electron chi connectivity index (χ2n) is 5.58. The van der Waals surface area contributed by atoms with Crippen molar-refractivity contribution in [2.45, 2.75) is 32.8 Å². The fourth-order valence-electron chi connectivity index (χ4n) is 2.21. The first kappa shape index (κ1) is 16.1. The number of nitrogens with one attached hydrogen (secondary N) is 1. The average Bonchev–Trinajstić information content (AvgIpc) is 2.48. The van der Waals surface area contributed by atoms with Crippen LogP contribution in [0.4, 0.5) is 15.8 Å². The molecule has 0 fully saturated rings. The van der Waals surface area contributed by atoms with Gasteiger partial charge in [-0.05, 0) is 68.7 Å². The lowest BCUT2D eigenvalue weighted by molar-refractivity contribution is 0.244. The minimum atomic E-state index is -0.218. The van der Waals surface area contributed by atoms with Crippen LogP contribution in [0.1, 0.15) is 25.8 Å². The first-order valence-electron chi connectivity index (χ1n) is 7.59. The van der Waals surface area contributed by atoms with Gasteiger partial charge >= 0.3 is 0 Å². The van der Waals surface area contributed by atoms with Gasteiger partial charge in [0, 0.05) is 12.2 Å². The Morgan fingerprint density at radius 3 is 2.50 bits per heavy atom. The number of halogens is 1. The van der Waals surface area contributed by atoms with Gasteiger partial charge in [0.1, 0.15) is 11.6 Å². The highest BCUT2D eigenvalue weighted by molar-refractivity contribution is 5.54. The molecule has 0 bridgehead atoms. The Hall–Kier alpha value is -2.23. The molecule has 0 radical (unpaired) electrons. The van der Waals surface area contributed by atoms with Gasteiger partial charge in [0.2, 0.25) is 0 Å². The largest absolute Gasteiger partial charge is 0.489 e. The summed E-state index contributed by atoms with van der Waals surface area (Å²) in [5, 5.41) is 3.27. The zero-order valence-corrected chi connectivity index (χ0v) is 13.1. The topological polar surface area (TPSA) is 47.3 Å². The summed E-state index contributed by atoms with van der Waals surface area (Å²) in [6, 6.07) is 12.3. The van der Waals surface area contributed by atoms with Crippen molar-refractivity contribution >= 4 is 11.4 Å². The molecule has 3 nitrogen and oxygen atoms in total. The molecule has 0 saturated heterocycles. The summed E-state index contributed by atoms with van der Waals surface area (Å²) < 4.78 is 18.4. The zero-order chi connectivity index (χ0) is 15.9. The Labute approximate surface area is 131 Å². The maximum atomic E-state index is 12.8. The van der Waals surface area contributed by atoms with Crippen LogP contribution in [0.15, 0.2) is 42.5 Å². The van der Waals surface area contributed by atoms with Gasteiger partial charge in [0.05, 0.1) is 11.8 Å². The predicted octanol–water partition coefficient (Wildman–Crippen LogP) is 4.24. The normalized spacial score (nSPS) is 10.7. The van der Waals surface area contributed by atoms with Crippen molar-refractivity contribution in [2.75, 3.05) is 17.6 Å². The number of rotatable bonds is 7. The van der Waals surface area contributed by atoms with E-state index in [-0.39, 0.29) is 11.9 Å². The summed E-state index contributed by atoms with van der Waals surface area (Å²) in [4.78, 5) is 0. The summed E-state index contributed by atoms with van der Waals surface area (Å²) in [6.45, 7) is 4.79. The Bertz CT molecular complexity index is 597. The summed E-state index contributed by atoms with van der Waals surface area (Å²) in [7, 11) is 0. The SMILES string of the molecule is CC(C)Oc1ccc(CCCNc2ccc(F)cc2)cc1N. The highest BCUT2D eigenvalue weighted by Gasteiger charge is 2.04. The van der Waals surface area contributed by atoms with Gasteiger partial charge in [-0.2, -0.15) is 0 Å². The quantitative estimate of drug-likeness (QED) is 0.594. The van der Waals surface area contributed by atoms with Crippen LogP contribution in [0.5, 0.6) is 5.75 Å². The smallest absolute Gasteiger partial charge is 0.142 e. The van der Waals surface area contributed by atoms with Crippen LogP contribution in [0, 0.1) is 5.82 Å². The molecule has 118 valence electrons. The molecular formula is C18H23FN2O. The minimum Gasteiger partial charge on any atom is -0.489 e. The summed E-state index contributed by atoms with van der Waals surface area (Å²) in [6.07, 6.45) is 2.02. The van der Waals surface area contributed by atoms with E-state index in [4.69, 9.17) is 10.5 Å². The molecule has 0 aliphatic rings. The molecule has 0 aliphatic carbocycles. The van der Waals surface area contributed by atoms with Crippen LogP contribution < -0.4 is 15.8 Å². The fraction of sp³-hybridized carbons (Fsp3) is 0.333. The molecule has 2 rings (SSSR count). The number of nitrogens with two attached hydrogens (primary N) is 1. The van der Waals surface area contributed by atoms with E-state index in [0.717, 1.165) is 30.8 Å². The second-order valence-corrected chi connectivity index (χ2v) is 5.58. The highest BCUT2D eigenvalue weighted by atomic mass is 19.1. The minimum absolute atomic E-state index is 0.119. The third-order valence-corrected chi connectivity index (χ3v) is 3.25. The second kappa shape index (κ2) is 7.69. The summed E-state index contributed by atoms with van der Waals surface area (Å²) >= 11 is 0. The standard InChI is InChI=1S/C18H23FN2O/c1-13(2)22-18-10-5-14(12-17(18)20)4-3-11-21-16-8-6-15(19)7-9-16/h5-10,12-13,21H,3-4,11,20H2,1-2H3. The lowest BCUT2D eigenvalue weighted by atomic mass is 10.1. The number of hydrogen-bond donors (Lipinski definition) is 2. The molecule has 0 aliphatic heterocycles. The Kier molecular flexibility index (Phi) is 5.64. The molecule has 0 atom stereocenters.